The first-order chi connectivity index (χ1) is 13.0. The molecule has 2 rings (SSSR count). The van der Waals surface area contributed by atoms with E-state index in [2.05, 4.69) is 91.5 Å². The van der Waals surface area contributed by atoms with Crippen LogP contribution in [-0.2, 0) is 6.54 Å². The fraction of sp³-hybridized carbons (Fsp3) is 0.591. The molecule has 158 valence electrons. The van der Waals surface area contributed by atoms with E-state index in [4.69, 9.17) is 4.99 Å². The van der Waals surface area contributed by atoms with Gasteiger partial charge in [0.15, 0.2) is 5.96 Å². The van der Waals surface area contributed by atoms with Gasteiger partial charge >= 0.3 is 0 Å². The molecule has 0 spiro atoms. The molecule has 1 aromatic carbocycles. The molecule has 0 atom stereocenters. The van der Waals surface area contributed by atoms with Gasteiger partial charge in [-0.15, -0.1) is 24.0 Å². The van der Waals surface area contributed by atoms with Crippen LogP contribution < -0.4 is 15.5 Å². The van der Waals surface area contributed by atoms with Crippen LogP contribution in [0.2, 0.25) is 0 Å². The minimum Gasteiger partial charge on any atom is -0.364 e. The molecule has 0 aromatic heterocycles. The van der Waals surface area contributed by atoms with Crippen molar-refractivity contribution in [3.63, 3.8) is 0 Å². The number of nitrogens with one attached hydrogen (secondary N) is 2. The van der Waals surface area contributed by atoms with Gasteiger partial charge in [-0.05, 0) is 52.3 Å². The van der Waals surface area contributed by atoms with Crippen LogP contribution in [0.25, 0.3) is 0 Å². The molecule has 1 aromatic rings. The summed E-state index contributed by atoms with van der Waals surface area (Å²) in [5.74, 6) is 0.887. The van der Waals surface area contributed by atoms with Gasteiger partial charge in [0, 0.05) is 50.5 Å². The Labute approximate surface area is 188 Å². The minimum absolute atomic E-state index is 0. The monoisotopic (exact) mass is 499 g/mol. The van der Waals surface area contributed by atoms with Crippen LogP contribution in [0.1, 0.15) is 40.2 Å². The number of guanidine groups is 1. The van der Waals surface area contributed by atoms with Crippen molar-refractivity contribution in [3.05, 3.63) is 42.0 Å². The Morgan fingerprint density at radius 2 is 1.64 bits per heavy atom. The molecular weight excluding hydrogens is 461 g/mol. The van der Waals surface area contributed by atoms with Gasteiger partial charge in [0.25, 0.3) is 0 Å². The standard InChI is InChI=1S/C22H37N5.HI/c1-6-23-22(24-13-16-27(18(2)3)19(4)5)25-17-20-9-11-21(12-10-20)26-14-7-8-15-26;/h7-12,18-19H,6,13-17H2,1-5H3,(H2,23,24,25);1H. The van der Waals surface area contributed by atoms with E-state index in [1.165, 1.54) is 11.3 Å². The van der Waals surface area contributed by atoms with Crippen molar-refractivity contribution < 1.29 is 0 Å². The van der Waals surface area contributed by atoms with E-state index >= 15 is 0 Å². The molecule has 6 heteroatoms. The Kier molecular flexibility index (Phi) is 11.5. The number of hydrogen-bond acceptors (Lipinski definition) is 3. The molecule has 0 aliphatic carbocycles. The van der Waals surface area contributed by atoms with Crippen molar-refractivity contribution >= 4 is 35.6 Å². The summed E-state index contributed by atoms with van der Waals surface area (Å²) in [6, 6.07) is 9.86. The lowest BCUT2D eigenvalue weighted by molar-refractivity contribution is 0.178. The van der Waals surface area contributed by atoms with Crippen molar-refractivity contribution in [2.24, 2.45) is 4.99 Å². The van der Waals surface area contributed by atoms with Gasteiger partial charge in [-0.25, -0.2) is 4.99 Å². The van der Waals surface area contributed by atoms with Gasteiger partial charge in [0.2, 0.25) is 0 Å². The second-order valence-corrected chi connectivity index (χ2v) is 7.59. The predicted molar refractivity (Wildman–Crippen MR) is 133 cm³/mol. The Balaban J connectivity index is 0.00000392. The Bertz CT molecular complexity index is 594. The second-order valence-electron chi connectivity index (χ2n) is 7.59. The Morgan fingerprint density at radius 1 is 1.04 bits per heavy atom. The van der Waals surface area contributed by atoms with E-state index < -0.39 is 0 Å². The molecule has 0 amide bonds. The predicted octanol–water partition coefficient (Wildman–Crippen LogP) is 3.85. The average Bonchev–Trinajstić information content (AvgIpc) is 3.17. The number of aliphatic imine (C=N–C) groups is 1. The summed E-state index contributed by atoms with van der Waals surface area (Å²) >= 11 is 0. The average molecular weight is 499 g/mol. The molecule has 1 aliphatic rings. The first-order valence-corrected chi connectivity index (χ1v) is 10.3. The van der Waals surface area contributed by atoms with Crippen LogP contribution in [0.15, 0.2) is 41.4 Å². The molecule has 0 fully saturated rings. The molecule has 0 unspecified atom stereocenters. The van der Waals surface area contributed by atoms with Crippen molar-refractivity contribution in [1.82, 2.24) is 15.5 Å². The molecule has 1 aliphatic heterocycles. The second kappa shape index (κ2) is 13.0. The maximum atomic E-state index is 4.75. The zero-order valence-corrected chi connectivity index (χ0v) is 20.4. The fourth-order valence-electron chi connectivity index (χ4n) is 3.43. The van der Waals surface area contributed by atoms with Crippen LogP contribution in [0, 0.1) is 0 Å². The zero-order chi connectivity index (χ0) is 19.6. The van der Waals surface area contributed by atoms with Gasteiger partial charge in [-0.3, -0.25) is 4.90 Å². The molecule has 28 heavy (non-hydrogen) atoms. The van der Waals surface area contributed by atoms with Crippen LogP contribution in [0.5, 0.6) is 0 Å². The fourth-order valence-corrected chi connectivity index (χ4v) is 3.43. The van der Waals surface area contributed by atoms with Gasteiger partial charge in [0.05, 0.1) is 6.54 Å². The summed E-state index contributed by atoms with van der Waals surface area (Å²) in [5, 5.41) is 6.81. The smallest absolute Gasteiger partial charge is 0.191 e. The van der Waals surface area contributed by atoms with E-state index in [0.29, 0.717) is 18.6 Å². The third kappa shape index (κ3) is 7.99. The van der Waals surface area contributed by atoms with Crippen molar-refractivity contribution in [3.8, 4) is 0 Å². The molecule has 0 saturated carbocycles. The highest BCUT2D eigenvalue weighted by Gasteiger charge is 2.12. The third-order valence-electron chi connectivity index (χ3n) is 4.87. The van der Waals surface area contributed by atoms with Crippen molar-refractivity contribution in [2.75, 3.05) is 37.6 Å². The quantitative estimate of drug-likeness (QED) is 0.235. The molecule has 0 saturated heterocycles. The molecule has 0 radical (unpaired) electrons. The van der Waals surface area contributed by atoms with Crippen LogP contribution in [0.3, 0.4) is 0 Å². The summed E-state index contributed by atoms with van der Waals surface area (Å²) in [6.45, 7) is 16.6. The zero-order valence-electron chi connectivity index (χ0n) is 18.1. The summed E-state index contributed by atoms with van der Waals surface area (Å²) in [5.41, 5.74) is 2.51. The topological polar surface area (TPSA) is 42.9 Å². The Hall–Kier alpha value is -1.28. The number of halogens is 1. The first-order valence-electron chi connectivity index (χ1n) is 10.3. The van der Waals surface area contributed by atoms with Gasteiger partial charge in [-0.1, -0.05) is 24.3 Å². The van der Waals surface area contributed by atoms with Gasteiger partial charge in [-0.2, -0.15) is 0 Å². The lowest BCUT2D eigenvalue weighted by Crippen LogP contribution is -2.45. The number of rotatable bonds is 9. The molecule has 1 heterocycles. The van der Waals surface area contributed by atoms with E-state index in [9.17, 15) is 0 Å². The number of anilines is 1. The van der Waals surface area contributed by atoms with Gasteiger partial charge < -0.3 is 15.5 Å². The normalized spacial score (nSPS) is 14.1. The SMILES string of the molecule is CCNC(=NCc1ccc(N2CC=CC2)cc1)NCCN(C(C)C)C(C)C.I. The first kappa shape index (κ1) is 24.8. The summed E-state index contributed by atoms with van der Waals surface area (Å²) in [4.78, 5) is 9.59. The van der Waals surface area contributed by atoms with Crippen molar-refractivity contribution in [2.45, 2.75) is 53.2 Å². The van der Waals surface area contributed by atoms with Crippen LogP contribution in [0.4, 0.5) is 5.69 Å². The highest BCUT2D eigenvalue weighted by Crippen LogP contribution is 2.17. The molecule has 5 nitrogen and oxygen atoms in total. The lowest BCUT2D eigenvalue weighted by atomic mass is 10.2. The lowest BCUT2D eigenvalue weighted by Gasteiger charge is -2.30. The van der Waals surface area contributed by atoms with Crippen LogP contribution >= 0.6 is 24.0 Å². The highest BCUT2D eigenvalue weighted by atomic mass is 127. The summed E-state index contributed by atoms with van der Waals surface area (Å²) < 4.78 is 0. The largest absolute Gasteiger partial charge is 0.364 e. The number of hydrogen-bond donors (Lipinski definition) is 2. The maximum Gasteiger partial charge on any atom is 0.191 e. The molecule has 0 bridgehead atoms. The molecular formula is C22H38IN5. The minimum atomic E-state index is 0. The number of benzene rings is 1. The van der Waals surface area contributed by atoms with Gasteiger partial charge in [0.1, 0.15) is 0 Å². The van der Waals surface area contributed by atoms with E-state index in [0.717, 1.165) is 38.7 Å². The van der Waals surface area contributed by atoms with E-state index in [1.807, 2.05) is 0 Å². The summed E-state index contributed by atoms with van der Waals surface area (Å²) in [7, 11) is 0. The maximum absolute atomic E-state index is 4.75. The number of nitrogens with zero attached hydrogens (tertiary/aromatic N) is 3. The third-order valence-corrected chi connectivity index (χ3v) is 4.87. The van der Waals surface area contributed by atoms with E-state index in [1.54, 1.807) is 0 Å². The molecule has 2 N–H and O–H groups in total. The highest BCUT2D eigenvalue weighted by molar-refractivity contribution is 14.0. The van der Waals surface area contributed by atoms with Crippen LogP contribution in [-0.4, -0.2) is 55.7 Å². The summed E-state index contributed by atoms with van der Waals surface area (Å²) in [6.07, 6.45) is 4.43. The Morgan fingerprint density at radius 3 is 2.18 bits per heavy atom. The van der Waals surface area contributed by atoms with Crippen molar-refractivity contribution in [1.29, 1.82) is 0 Å². The van der Waals surface area contributed by atoms with E-state index in [-0.39, 0.29) is 24.0 Å².